The van der Waals surface area contributed by atoms with Crippen molar-refractivity contribution in [2.45, 2.75) is 25.6 Å². The standard InChI is InChI=1S/C20H27N5O2/c1-15-14-18(22-16-4-6-17(7-5-16)24(2)3)23-19(21-15)25-10-8-20(9-11-25)26-12-13-27-20/h4-7,14H,8-13H2,1-3H3,(H,21,22,23). The van der Waals surface area contributed by atoms with Crippen molar-refractivity contribution < 1.29 is 9.47 Å². The van der Waals surface area contributed by atoms with Crippen molar-refractivity contribution >= 4 is 23.1 Å². The molecule has 4 rings (SSSR count). The smallest absolute Gasteiger partial charge is 0.227 e. The number of piperidine rings is 1. The lowest BCUT2D eigenvalue weighted by atomic mass is 10.0. The number of hydrogen-bond acceptors (Lipinski definition) is 7. The second kappa shape index (κ2) is 7.32. The third-order valence-electron chi connectivity index (χ3n) is 5.12. The zero-order chi connectivity index (χ0) is 18.9. The van der Waals surface area contributed by atoms with E-state index >= 15 is 0 Å². The number of nitrogens with zero attached hydrogens (tertiary/aromatic N) is 4. The first-order valence-corrected chi connectivity index (χ1v) is 9.46. The SMILES string of the molecule is Cc1cc(Nc2ccc(N(C)C)cc2)nc(N2CCC3(CC2)OCCO3)n1. The number of hydrogen-bond donors (Lipinski definition) is 1. The number of ether oxygens (including phenoxy) is 2. The predicted octanol–water partition coefficient (Wildman–Crippen LogP) is 2.94. The van der Waals surface area contributed by atoms with Crippen molar-refractivity contribution in [2.24, 2.45) is 0 Å². The van der Waals surface area contributed by atoms with E-state index in [4.69, 9.17) is 14.5 Å². The fraction of sp³-hybridized carbons (Fsp3) is 0.500. The maximum atomic E-state index is 5.81. The van der Waals surface area contributed by atoms with Crippen molar-refractivity contribution in [3.8, 4) is 0 Å². The molecule has 2 aliphatic heterocycles. The molecule has 0 bridgehead atoms. The van der Waals surface area contributed by atoms with Gasteiger partial charge >= 0.3 is 0 Å². The maximum absolute atomic E-state index is 5.81. The summed E-state index contributed by atoms with van der Waals surface area (Å²) in [5.41, 5.74) is 3.12. The van der Waals surface area contributed by atoms with Crippen LogP contribution in [0.4, 0.5) is 23.1 Å². The van der Waals surface area contributed by atoms with Crippen molar-refractivity contribution in [2.75, 3.05) is 55.5 Å². The van der Waals surface area contributed by atoms with E-state index in [2.05, 4.69) is 44.4 Å². The number of aromatic nitrogens is 2. The summed E-state index contributed by atoms with van der Waals surface area (Å²) in [6, 6.07) is 10.3. The average Bonchev–Trinajstić information content (AvgIpc) is 3.10. The molecular weight excluding hydrogens is 342 g/mol. The molecule has 2 fully saturated rings. The Balaban J connectivity index is 1.46. The molecule has 0 atom stereocenters. The lowest BCUT2D eigenvalue weighted by molar-refractivity contribution is -0.169. The average molecular weight is 369 g/mol. The minimum atomic E-state index is -0.379. The Morgan fingerprint density at radius 2 is 1.70 bits per heavy atom. The van der Waals surface area contributed by atoms with Crippen LogP contribution in [0.3, 0.4) is 0 Å². The van der Waals surface area contributed by atoms with E-state index in [0.717, 1.165) is 49.1 Å². The Hall–Kier alpha value is -2.38. The van der Waals surface area contributed by atoms with E-state index < -0.39 is 0 Å². The maximum Gasteiger partial charge on any atom is 0.227 e. The van der Waals surface area contributed by atoms with Gasteiger partial charge in [-0.25, -0.2) is 4.98 Å². The molecule has 2 saturated heterocycles. The van der Waals surface area contributed by atoms with E-state index in [-0.39, 0.29) is 5.79 Å². The van der Waals surface area contributed by atoms with Crippen LogP contribution in [0.5, 0.6) is 0 Å². The van der Waals surface area contributed by atoms with Gasteiger partial charge in [0.15, 0.2) is 5.79 Å². The Morgan fingerprint density at radius 3 is 2.33 bits per heavy atom. The predicted molar refractivity (Wildman–Crippen MR) is 107 cm³/mol. The fourth-order valence-corrected chi connectivity index (χ4v) is 3.58. The first kappa shape index (κ1) is 18.0. The summed E-state index contributed by atoms with van der Waals surface area (Å²) in [5.74, 6) is 1.19. The molecule has 0 radical (unpaired) electrons. The lowest BCUT2D eigenvalue weighted by Gasteiger charge is -2.37. The van der Waals surface area contributed by atoms with Gasteiger partial charge in [-0.05, 0) is 31.2 Å². The molecule has 3 heterocycles. The lowest BCUT2D eigenvalue weighted by Crippen LogP contribution is -2.45. The fourth-order valence-electron chi connectivity index (χ4n) is 3.58. The van der Waals surface area contributed by atoms with Gasteiger partial charge < -0.3 is 24.6 Å². The highest BCUT2D eigenvalue weighted by Gasteiger charge is 2.40. The summed E-state index contributed by atoms with van der Waals surface area (Å²) in [5, 5.41) is 3.39. The Kier molecular flexibility index (Phi) is 4.88. The van der Waals surface area contributed by atoms with Crippen LogP contribution in [-0.4, -0.2) is 56.2 Å². The molecule has 1 N–H and O–H groups in total. The molecule has 27 heavy (non-hydrogen) atoms. The topological polar surface area (TPSA) is 62.8 Å². The van der Waals surface area contributed by atoms with Crippen LogP contribution in [0.2, 0.25) is 0 Å². The van der Waals surface area contributed by atoms with Crippen LogP contribution in [0, 0.1) is 6.92 Å². The number of rotatable bonds is 4. The van der Waals surface area contributed by atoms with Gasteiger partial charge in [0.05, 0.1) is 13.2 Å². The minimum absolute atomic E-state index is 0.379. The van der Waals surface area contributed by atoms with Crippen molar-refractivity contribution in [1.29, 1.82) is 0 Å². The van der Waals surface area contributed by atoms with Crippen molar-refractivity contribution in [1.82, 2.24) is 9.97 Å². The van der Waals surface area contributed by atoms with Gasteiger partial charge in [-0.15, -0.1) is 0 Å². The summed E-state index contributed by atoms with van der Waals surface area (Å²) in [7, 11) is 4.07. The number of aryl methyl sites for hydroxylation is 1. The number of benzene rings is 1. The first-order chi connectivity index (χ1) is 13.0. The van der Waals surface area contributed by atoms with Gasteiger partial charge in [0.2, 0.25) is 5.95 Å². The number of anilines is 4. The molecule has 0 amide bonds. The third kappa shape index (κ3) is 3.99. The van der Waals surface area contributed by atoms with Crippen LogP contribution >= 0.6 is 0 Å². The highest BCUT2D eigenvalue weighted by Crippen LogP contribution is 2.32. The summed E-state index contributed by atoms with van der Waals surface area (Å²) in [6.45, 7) is 5.06. The molecule has 0 saturated carbocycles. The molecule has 2 aromatic rings. The normalized spacial score (nSPS) is 18.7. The van der Waals surface area contributed by atoms with Crippen LogP contribution in [0.25, 0.3) is 0 Å². The quantitative estimate of drug-likeness (QED) is 0.889. The summed E-state index contributed by atoms with van der Waals surface area (Å²) in [6.07, 6.45) is 1.69. The first-order valence-electron chi connectivity index (χ1n) is 9.46. The minimum Gasteiger partial charge on any atom is -0.378 e. The van der Waals surface area contributed by atoms with Gasteiger partial charge in [-0.1, -0.05) is 0 Å². The van der Waals surface area contributed by atoms with E-state index in [1.807, 2.05) is 27.1 Å². The Morgan fingerprint density at radius 1 is 1.04 bits per heavy atom. The zero-order valence-corrected chi connectivity index (χ0v) is 16.2. The van der Waals surface area contributed by atoms with E-state index in [9.17, 15) is 0 Å². The van der Waals surface area contributed by atoms with Crippen LogP contribution in [-0.2, 0) is 9.47 Å². The largest absolute Gasteiger partial charge is 0.378 e. The van der Waals surface area contributed by atoms with Crippen LogP contribution in [0.1, 0.15) is 18.5 Å². The molecule has 1 aromatic carbocycles. The van der Waals surface area contributed by atoms with Crippen LogP contribution in [0.15, 0.2) is 30.3 Å². The highest BCUT2D eigenvalue weighted by atomic mass is 16.7. The molecule has 2 aliphatic rings. The van der Waals surface area contributed by atoms with Gasteiger partial charge in [-0.2, -0.15) is 4.98 Å². The second-order valence-corrected chi connectivity index (χ2v) is 7.36. The van der Waals surface area contributed by atoms with Gasteiger partial charge in [0, 0.05) is 63.2 Å². The molecule has 144 valence electrons. The molecule has 0 aliphatic carbocycles. The zero-order valence-electron chi connectivity index (χ0n) is 16.2. The Bertz CT molecular complexity index is 777. The van der Waals surface area contributed by atoms with E-state index in [1.165, 1.54) is 5.69 Å². The van der Waals surface area contributed by atoms with Gasteiger partial charge in [-0.3, -0.25) is 0 Å². The molecule has 1 aromatic heterocycles. The number of nitrogens with one attached hydrogen (secondary N) is 1. The molecular formula is C20H27N5O2. The second-order valence-electron chi connectivity index (χ2n) is 7.36. The van der Waals surface area contributed by atoms with Crippen molar-refractivity contribution in [3.63, 3.8) is 0 Å². The molecule has 7 nitrogen and oxygen atoms in total. The van der Waals surface area contributed by atoms with E-state index in [1.54, 1.807) is 0 Å². The van der Waals surface area contributed by atoms with Crippen LogP contribution < -0.4 is 15.1 Å². The molecule has 1 spiro atoms. The molecule has 0 unspecified atom stereocenters. The molecule has 7 heteroatoms. The summed E-state index contributed by atoms with van der Waals surface area (Å²) < 4.78 is 11.6. The summed E-state index contributed by atoms with van der Waals surface area (Å²) >= 11 is 0. The van der Waals surface area contributed by atoms with Crippen molar-refractivity contribution in [3.05, 3.63) is 36.0 Å². The Labute approximate surface area is 160 Å². The summed E-state index contributed by atoms with van der Waals surface area (Å²) in [4.78, 5) is 13.7. The van der Waals surface area contributed by atoms with Gasteiger partial charge in [0.1, 0.15) is 5.82 Å². The monoisotopic (exact) mass is 369 g/mol. The van der Waals surface area contributed by atoms with E-state index in [0.29, 0.717) is 13.2 Å². The van der Waals surface area contributed by atoms with Gasteiger partial charge in [0.25, 0.3) is 0 Å². The third-order valence-corrected chi connectivity index (χ3v) is 5.12. The highest BCUT2D eigenvalue weighted by molar-refractivity contribution is 5.61.